The van der Waals surface area contributed by atoms with Crippen LogP contribution in [0.15, 0.2) is 0 Å². The standard InChI is InChI=1S/C16H25F3N2O3/c1-3-4-12(2)21-11-15(24-14(21)23)7-9-20(10-8-15)13(22)5-6-16(17,18)19/h12H,3-11H2,1-2H3/t12-/m0/s1. The molecule has 138 valence electrons. The Kier molecular flexibility index (Phi) is 5.65. The molecule has 0 bridgehead atoms. The molecule has 0 aromatic carbocycles. The molecule has 0 aromatic rings. The lowest BCUT2D eigenvalue weighted by Gasteiger charge is -2.37. The van der Waals surface area contributed by atoms with Gasteiger partial charge in [-0.15, -0.1) is 0 Å². The normalized spacial score (nSPS) is 22.0. The largest absolute Gasteiger partial charge is 0.441 e. The molecule has 2 saturated heterocycles. The third-order valence-electron chi connectivity index (χ3n) is 4.89. The minimum Gasteiger partial charge on any atom is -0.441 e. The average molecular weight is 350 g/mol. The van der Waals surface area contributed by atoms with E-state index in [-0.39, 0.29) is 12.1 Å². The Morgan fingerprint density at radius 3 is 2.50 bits per heavy atom. The van der Waals surface area contributed by atoms with Gasteiger partial charge in [0.25, 0.3) is 0 Å². The number of piperidine rings is 1. The topological polar surface area (TPSA) is 49.9 Å². The molecular formula is C16H25F3N2O3. The Hall–Kier alpha value is -1.47. The molecule has 0 radical (unpaired) electrons. The lowest BCUT2D eigenvalue weighted by molar-refractivity contribution is -0.151. The van der Waals surface area contributed by atoms with Crippen molar-refractivity contribution in [3.05, 3.63) is 0 Å². The van der Waals surface area contributed by atoms with Gasteiger partial charge in [0, 0.05) is 38.4 Å². The van der Waals surface area contributed by atoms with Crippen LogP contribution in [0.25, 0.3) is 0 Å². The third-order valence-corrected chi connectivity index (χ3v) is 4.89. The number of hydrogen-bond acceptors (Lipinski definition) is 3. The highest BCUT2D eigenvalue weighted by Gasteiger charge is 2.48. The van der Waals surface area contributed by atoms with Gasteiger partial charge in [-0.25, -0.2) is 4.79 Å². The van der Waals surface area contributed by atoms with Crippen molar-refractivity contribution in [1.29, 1.82) is 0 Å². The SMILES string of the molecule is CCC[C@H](C)N1CC2(CCN(C(=O)CCC(F)(F)F)CC2)OC1=O. The highest BCUT2D eigenvalue weighted by atomic mass is 19.4. The maximum Gasteiger partial charge on any atom is 0.410 e. The first-order chi connectivity index (χ1) is 11.2. The minimum atomic E-state index is -4.32. The second-order valence-electron chi connectivity index (χ2n) is 6.81. The smallest absolute Gasteiger partial charge is 0.410 e. The summed E-state index contributed by atoms with van der Waals surface area (Å²) in [5.41, 5.74) is -0.597. The fourth-order valence-corrected chi connectivity index (χ4v) is 3.39. The van der Waals surface area contributed by atoms with Crippen LogP contribution in [0.3, 0.4) is 0 Å². The zero-order chi connectivity index (χ0) is 18.0. The molecule has 0 aromatic heterocycles. The van der Waals surface area contributed by atoms with Gasteiger partial charge in [0.15, 0.2) is 0 Å². The molecule has 1 atom stereocenters. The number of carbonyl (C=O) groups excluding carboxylic acids is 2. The average Bonchev–Trinajstić information content (AvgIpc) is 2.82. The van der Waals surface area contributed by atoms with Crippen molar-refractivity contribution < 1.29 is 27.5 Å². The number of amides is 2. The summed E-state index contributed by atoms with van der Waals surface area (Å²) in [6.07, 6.45) is -3.43. The summed E-state index contributed by atoms with van der Waals surface area (Å²) >= 11 is 0. The van der Waals surface area contributed by atoms with Crippen LogP contribution in [-0.4, -0.2) is 59.3 Å². The fraction of sp³-hybridized carbons (Fsp3) is 0.875. The van der Waals surface area contributed by atoms with E-state index in [2.05, 4.69) is 6.92 Å². The van der Waals surface area contributed by atoms with E-state index < -0.39 is 30.5 Å². The van der Waals surface area contributed by atoms with Gasteiger partial charge in [0.2, 0.25) is 5.91 Å². The summed E-state index contributed by atoms with van der Waals surface area (Å²) in [4.78, 5) is 27.1. The number of halogens is 3. The molecule has 24 heavy (non-hydrogen) atoms. The van der Waals surface area contributed by atoms with Crippen molar-refractivity contribution in [3.63, 3.8) is 0 Å². The Morgan fingerprint density at radius 2 is 1.96 bits per heavy atom. The molecule has 8 heteroatoms. The van der Waals surface area contributed by atoms with Crippen LogP contribution in [-0.2, 0) is 9.53 Å². The molecule has 2 aliphatic rings. The summed E-state index contributed by atoms with van der Waals surface area (Å²) < 4.78 is 42.2. The van der Waals surface area contributed by atoms with Crippen LogP contribution in [0.2, 0.25) is 0 Å². The first-order valence-electron chi connectivity index (χ1n) is 8.50. The zero-order valence-electron chi connectivity index (χ0n) is 14.2. The van der Waals surface area contributed by atoms with E-state index in [1.165, 1.54) is 4.90 Å². The van der Waals surface area contributed by atoms with Gasteiger partial charge in [-0.3, -0.25) is 4.79 Å². The van der Waals surface area contributed by atoms with Crippen LogP contribution >= 0.6 is 0 Å². The lowest BCUT2D eigenvalue weighted by atomic mass is 9.90. The van der Waals surface area contributed by atoms with Crippen molar-refractivity contribution in [2.45, 2.75) is 70.2 Å². The number of alkyl halides is 3. The molecule has 2 rings (SSSR count). The predicted octanol–water partition coefficient (Wildman–Crippen LogP) is 3.33. The number of carbonyl (C=O) groups is 2. The van der Waals surface area contributed by atoms with E-state index in [0.717, 1.165) is 12.8 Å². The molecule has 0 N–H and O–H groups in total. The number of likely N-dealkylation sites (tertiary alicyclic amines) is 1. The van der Waals surface area contributed by atoms with Crippen molar-refractivity contribution in [3.8, 4) is 0 Å². The molecule has 2 heterocycles. The van der Waals surface area contributed by atoms with Crippen LogP contribution < -0.4 is 0 Å². The summed E-state index contributed by atoms with van der Waals surface area (Å²) in [5.74, 6) is -0.484. The maximum absolute atomic E-state index is 12.2. The summed E-state index contributed by atoms with van der Waals surface area (Å²) in [6, 6.07) is 0.105. The van der Waals surface area contributed by atoms with Crippen molar-refractivity contribution in [1.82, 2.24) is 9.80 Å². The fourth-order valence-electron chi connectivity index (χ4n) is 3.39. The van der Waals surface area contributed by atoms with E-state index in [0.29, 0.717) is 32.5 Å². The molecule has 5 nitrogen and oxygen atoms in total. The Labute approximate surface area is 140 Å². The van der Waals surface area contributed by atoms with Crippen LogP contribution in [0.1, 0.15) is 52.4 Å². The van der Waals surface area contributed by atoms with Gasteiger partial charge in [-0.1, -0.05) is 13.3 Å². The molecular weight excluding hydrogens is 325 g/mol. The molecule has 2 amide bonds. The van der Waals surface area contributed by atoms with Gasteiger partial charge in [0.1, 0.15) is 5.60 Å². The lowest BCUT2D eigenvalue weighted by Crippen LogP contribution is -2.49. The van der Waals surface area contributed by atoms with Gasteiger partial charge in [-0.05, 0) is 13.3 Å². The maximum atomic E-state index is 12.2. The zero-order valence-corrected chi connectivity index (χ0v) is 14.2. The van der Waals surface area contributed by atoms with E-state index in [1.807, 2.05) is 6.92 Å². The Morgan fingerprint density at radius 1 is 1.33 bits per heavy atom. The third kappa shape index (κ3) is 4.54. The second kappa shape index (κ2) is 7.19. The van der Waals surface area contributed by atoms with E-state index >= 15 is 0 Å². The molecule has 0 unspecified atom stereocenters. The molecule has 2 aliphatic heterocycles. The van der Waals surface area contributed by atoms with Crippen molar-refractivity contribution >= 4 is 12.0 Å². The van der Waals surface area contributed by atoms with Crippen LogP contribution in [0, 0.1) is 0 Å². The van der Waals surface area contributed by atoms with Crippen LogP contribution in [0.5, 0.6) is 0 Å². The van der Waals surface area contributed by atoms with Gasteiger partial charge < -0.3 is 14.5 Å². The summed E-state index contributed by atoms with van der Waals surface area (Å²) in [6.45, 7) is 5.20. The van der Waals surface area contributed by atoms with Gasteiger partial charge in [-0.2, -0.15) is 13.2 Å². The van der Waals surface area contributed by atoms with E-state index in [9.17, 15) is 22.8 Å². The molecule has 2 fully saturated rings. The number of ether oxygens (including phenoxy) is 1. The molecule has 1 spiro atoms. The van der Waals surface area contributed by atoms with E-state index in [4.69, 9.17) is 4.74 Å². The highest BCUT2D eigenvalue weighted by molar-refractivity contribution is 5.76. The number of rotatable bonds is 5. The number of nitrogens with zero attached hydrogens (tertiary/aromatic N) is 2. The van der Waals surface area contributed by atoms with Gasteiger partial charge in [0.05, 0.1) is 13.0 Å². The summed E-state index contributed by atoms with van der Waals surface area (Å²) in [5, 5.41) is 0. The highest BCUT2D eigenvalue weighted by Crippen LogP contribution is 2.35. The predicted molar refractivity (Wildman–Crippen MR) is 81.4 cm³/mol. The Balaban J connectivity index is 1.86. The number of hydrogen-bond donors (Lipinski definition) is 0. The van der Waals surface area contributed by atoms with Gasteiger partial charge >= 0.3 is 12.3 Å². The monoisotopic (exact) mass is 350 g/mol. The minimum absolute atomic E-state index is 0.105. The first-order valence-corrected chi connectivity index (χ1v) is 8.50. The quantitative estimate of drug-likeness (QED) is 0.764. The Bertz CT molecular complexity index is 474. The van der Waals surface area contributed by atoms with Crippen LogP contribution in [0.4, 0.5) is 18.0 Å². The first kappa shape index (κ1) is 18.9. The molecule has 0 saturated carbocycles. The second-order valence-corrected chi connectivity index (χ2v) is 6.81. The summed E-state index contributed by atoms with van der Waals surface area (Å²) in [7, 11) is 0. The van der Waals surface area contributed by atoms with Crippen molar-refractivity contribution in [2.24, 2.45) is 0 Å². The van der Waals surface area contributed by atoms with Crippen molar-refractivity contribution in [2.75, 3.05) is 19.6 Å². The van der Waals surface area contributed by atoms with E-state index in [1.54, 1.807) is 4.90 Å². The molecule has 0 aliphatic carbocycles.